The third kappa shape index (κ3) is 4.06. The van der Waals surface area contributed by atoms with Crippen molar-refractivity contribution in [2.45, 2.75) is 11.0 Å². The molecule has 118 valence electrons. The van der Waals surface area contributed by atoms with Gasteiger partial charge in [0.2, 0.25) is 10.0 Å². The van der Waals surface area contributed by atoms with E-state index in [-0.39, 0.29) is 0 Å². The minimum absolute atomic E-state index is 0.300. The second-order valence-electron chi connectivity index (χ2n) is 4.52. The van der Waals surface area contributed by atoms with Crippen molar-refractivity contribution in [3.8, 4) is 0 Å². The van der Waals surface area contributed by atoms with Gasteiger partial charge in [-0.25, -0.2) is 26.3 Å². The molecule has 1 atom stereocenters. The van der Waals surface area contributed by atoms with Gasteiger partial charge in [0.25, 0.3) is 0 Å². The highest BCUT2D eigenvalue weighted by atomic mass is 32.2. The van der Waals surface area contributed by atoms with Gasteiger partial charge in [0.1, 0.15) is 17.5 Å². The molecule has 0 aliphatic heterocycles. The molecule has 0 heterocycles. The summed E-state index contributed by atoms with van der Waals surface area (Å²) in [6.45, 7) is -0.425. The summed E-state index contributed by atoms with van der Waals surface area (Å²) in [6, 6.07) is 6.72. The van der Waals surface area contributed by atoms with Gasteiger partial charge in [-0.15, -0.1) is 0 Å². The fourth-order valence-electron chi connectivity index (χ4n) is 1.76. The normalized spacial score (nSPS) is 13.1. The number of benzene rings is 2. The van der Waals surface area contributed by atoms with Crippen molar-refractivity contribution < 1.29 is 26.7 Å². The molecule has 0 saturated heterocycles. The summed E-state index contributed by atoms with van der Waals surface area (Å²) in [4.78, 5) is -0.587. The number of aliphatic hydroxyl groups excluding tert-OH is 1. The second-order valence-corrected chi connectivity index (χ2v) is 6.29. The molecule has 2 aromatic rings. The van der Waals surface area contributed by atoms with E-state index < -0.39 is 45.0 Å². The average molecular weight is 331 g/mol. The van der Waals surface area contributed by atoms with E-state index >= 15 is 0 Å². The van der Waals surface area contributed by atoms with E-state index in [1.165, 1.54) is 12.1 Å². The smallest absolute Gasteiger partial charge is 0.240 e. The first-order valence-electron chi connectivity index (χ1n) is 6.17. The third-order valence-electron chi connectivity index (χ3n) is 2.87. The summed E-state index contributed by atoms with van der Waals surface area (Å²) in [5.41, 5.74) is 0.300. The van der Waals surface area contributed by atoms with Gasteiger partial charge < -0.3 is 5.11 Å². The Kier molecular flexibility index (Phi) is 4.84. The predicted octanol–water partition coefficient (Wildman–Crippen LogP) is 2.12. The van der Waals surface area contributed by atoms with Gasteiger partial charge in [-0.05, 0) is 29.8 Å². The van der Waals surface area contributed by atoms with Crippen molar-refractivity contribution in [3.05, 3.63) is 65.5 Å². The molecule has 0 aliphatic rings. The summed E-state index contributed by atoms with van der Waals surface area (Å²) in [7, 11) is -4.18. The van der Waals surface area contributed by atoms with Crippen LogP contribution in [-0.2, 0) is 10.0 Å². The highest BCUT2D eigenvalue weighted by molar-refractivity contribution is 7.89. The van der Waals surface area contributed by atoms with Crippen LogP contribution in [-0.4, -0.2) is 20.1 Å². The van der Waals surface area contributed by atoms with Gasteiger partial charge in [-0.3, -0.25) is 0 Å². The minimum Gasteiger partial charge on any atom is -0.387 e. The van der Waals surface area contributed by atoms with Crippen LogP contribution >= 0.6 is 0 Å². The van der Waals surface area contributed by atoms with E-state index in [4.69, 9.17) is 0 Å². The molecule has 2 N–H and O–H groups in total. The molecule has 0 aromatic heterocycles. The largest absolute Gasteiger partial charge is 0.387 e. The molecule has 0 aliphatic carbocycles. The molecule has 0 amide bonds. The Balaban J connectivity index is 2.10. The summed E-state index contributed by atoms with van der Waals surface area (Å²) < 4.78 is 64.7. The van der Waals surface area contributed by atoms with E-state index in [1.54, 1.807) is 0 Å². The van der Waals surface area contributed by atoms with Crippen LogP contribution < -0.4 is 4.72 Å². The van der Waals surface area contributed by atoms with E-state index in [1.807, 2.05) is 4.72 Å². The Labute approximate surface area is 125 Å². The maximum Gasteiger partial charge on any atom is 0.240 e. The number of hydrogen-bond donors (Lipinski definition) is 2. The van der Waals surface area contributed by atoms with E-state index in [9.17, 15) is 26.7 Å². The highest BCUT2D eigenvalue weighted by Gasteiger charge is 2.18. The highest BCUT2D eigenvalue weighted by Crippen LogP contribution is 2.16. The first-order valence-corrected chi connectivity index (χ1v) is 7.65. The Morgan fingerprint density at radius 1 is 0.955 bits per heavy atom. The topological polar surface area (TPSA) is 66.4 Å². The number of sulfonamides is 1. The number of aliphatic hydroxyl groups is 1. The van der Waals surface area contributed by atoms with Crippen molar-refractivity contribution in [3.63, 3.8) is 0 Å². The van der Waals surface area contributed by atoms with Crippen LogP contribution in [0.1, 0.15) is 11.7 Å². The number of hydrogen-bond acceptors (Lipinski definition) is 3. The fraction of sp³-hybridized carbons (Fsp3) is 0.143. The molecule has 0 saturated carbocycles. The summed E-state index contributed by atoms with van der Waals surface area (Å²) in [5.74, 6) is -2.55. The van der Waals surface area contributed by atoms with E-state index in [0.29, 0.717) is 23.8 Å². The van der Waals surface area contributed by atoms with Crippen LogP contribution in [0.15, 0.2) is 47.4 Å². The molecule has 0 radical (unpaired) electrons. The second kappa shape index (κ2) is 6.47. The quantitative estimate of drug-likeness (QED) is 0.882. The maximum absolute atomic E-state index is 13.0. The summed E-state index contributed by atoms with van der Waals surface area (Å²) >= 11 is 0. The first kappa shape index (κ1) is 16.5. The molecule has 0 bridgehead atoms. The van der Waals surface area contributed by atoms with E-state index in [2.05, 4.69) is 0 Å². The van der Waals surface area contributed by atoms with Crippen LogP contribution in [0.5, 0.6) is 0 Å². The number of rotatable bonds is 5. The summed E-state index contributed by atoms with van der Waals surface area (Å²) in [5, 5.41) is 9.83. The van der Waals surface area contributed by atoms with Crippen LogP contribution in [0.2, 0.25) is 0 Å². The van der Waals surface area contributed by atoms with Crippen LogP contribution in [0.3, 0.4) is 0 Å². The molecular formula is C14H12F3NO3S. The molecule has 1 unspecified atom stereocenters. The first-order chi connectivity index (χ1) is 10.3. The lowest BCUT2D eigenvalue weighted by Crippen LogP contribution is -2.28. The van der Waals surface area contributed by atoms with Crippen LogP contribution in [0, 0.1) is 17.5 Å². The number of nitrogens with one attached hydrogen (secondary N) is 1. The maximum atomic E-state index is 13.0. The Morgan fingerprint density at radius 2 is 1.50 bits per heavy atom. The molecule has 4 nitrogen and oxygen atoms in total. The molecule has 2 aromatic carbocycles. The lowest BCUT2D eigenvalue weighted by molar-refractivity contribution is 0.182. The van der Waals surface area contributed by atoms with Crippen molar-refractivity contribution in [2.24, 2.45) is 0 Å². The Bertz CT molecular complexity index is 743. The van der Waals surface area contributed by atoms with Gasteiger partial charge in [-0.2, -0.15) is 0 Å². The monoisotopic (exact) mass is 331 g/mol. The minimum atomic E-state index is -4.18. The summed E-state index contributed by atoms with van der Waals surface area (Å²) in [6.07, 6.45) is -1.23. The molecule has 0 fully saturated rings. The molecular weight excluding hydrogens is 319 g/mol. The zero-order valence-corrected chi connectivity index (χ0v) is 11.9. The Morgan fingerprint density at radius 3 is 2.05 bits per heavy atom. The zero-order valence-electron chi connectivity index (χ0n) is 11.1. The van der Waals surface area contributed by atoms with Gasteiger partial charge in [0.15, 0.2) is 0 Å². The van der Waals surface area contributed by atoms with Crippen molar-refractivity contribution in [2.75, 3.05) is 6.54 Å². The van der Waals surface area contributed by atoms with E-state index in [0.717, 1.165) is 12.1 Å². The van der Waals surface area contributed by atoms with Crippen molar-refractivity contribution in [1.29, 1.82) is 0 Å². The van der Waals surface area contributed by atoms with Crippen LogP contribution in [0.25, 0.3) is 0 Å². The standard InChI is InChI=1S/C14H12F3NO3S/c15-10-3-1-9(2-4-10)14(19)8-18-22(20,21)13-6-11(16)5-12(17)7-13/h1-7,14,18-19H,8H2. The van der Waals surface area contributed by atoms with Crippen molar-refractivity contribution in [1.82, 2.24) is 4.72 Å². The fourth-order valence-corrected chi connectivity index (χ4v) is 2.84. The molecule has 0 spiro atoms. The SMILES string of the molecule is O=S(=O)(NCC(O)c1ccc(F)cc1)c1cc(F)cc(F)c1. The lowest BCUT2D eigenvalue weighted by atomic mass is 10.1. The lowest BCUT2D eigenvalue weighted by Gasteiger charge is -2.13. The molecule has 8 heteroatoms. The molecule has 2 rings (SSSR count). The molecule has 22 heavy (non-hydrogen) atoms. The van der Waals surface area contributed by atoms with Gasteiger partial charge >= 0.3 is 0 Å². The van der Waals surface area contributed by atoms with Gasteiger partial charge in [0, 0.05) is 12.6 Å². The van der Waals surface area contributed by atoms with Gasteiger partial charge in [-0.1, -0.05) is 12.1 Å². The van der Waals surface area contributed by atoms with Crippen LogP contribution in [0.4, 0.5) is 13.2 Å². The van der Waals surface area contributed by atoms with Crippen molar-refractivity contribution >= 4 is 10.0 Å². The van der Waals surface area contributed by atoms with Gasteiger partial charge in [0.05, 0.1) is 11.0 Å². The zero-order chi connectivity index (χ0) is 16.3. The number of halogens is 3. The Hall–Kier alpha value is -1.90. The predicted molar refractivity (Wildman–Crippen MR) is 72.9 cm³/mol. The average Bonchev–Trinajstić information content (AvgIpc) is 2.44. The third-order valence-corrected chi connectivity index (χ3v) is 4.27.